The second-order valence-electron chi connectivity index (χ2n) is 3.60. The normalized spacial score (nSPS) is 11.5. The summed E-state index contributed by atoms with van der Waals surface area (Å²) in [7, 11) is -2.90. The average molecular weight is 308 g/mol. The van der Waals surface area contributed by atoms with Gasteiger partial charge < -0.3 is 5.73 Å². The number of nitro benzene ring substituents is 1. The topological polar surface area (TPSA) is 124 Å². The Hall–Kier alpha value is -1.71. The van der Waals surface area contributed by atoms with E-state index in [-0.39, 0.29) is 9.92 Å². The van der Waals surface area contributed by atoms with Gasteiger partial charge in [0.1, 0.15) is 5.02 Å². The Labute approximate surface area is 114 Å². The monoisotopic (exact) mass is 307 g/mol. The molecule has 0 spiro atoms. The molecule has 0 aliphatic heterocycles. The summed E-state index contributed by atoms with van der Waals surface area (Å²) in [5.41, 5.74) is 4.36. The van der Waals surface area contributed by atoms with E-state index in [1.54, 1.807) is 0 Å². The van der Waals surface area contributed by atoms with Crippen molar-refractivity contribution in [3.63, 3.8) is 0 Å². The number of nitrogens with zero attached hydrogens (tertiary/aromatic N) is 2. The number of hydrogen-bond acceptors (Lipinski definition) is 5. The van der Waals surface area contributed by atoms with Crippen molar-refractivity contribution in [3.05, 3.63) is 33.3 Å². The van der Waals surface area contributed by atoms with Crippen molar-refractivity contribution in [3.8, 4) is 0 Å². The first kappa shape index (κ1) is 15.3. The van der Waals surface area contributed by atoms with E-state index in [2.05, 4.69) is 0 Å². The van der Waals surface area contributed by atoms with Gasteiger partial charge in [-0.2, -0.15) is 4.31 Å². The lowest BCUT2D eigenvalue weighted by Crippen LogP contribution is -2.35. The van der Waals surface area contributed by atoms with Crippen LogP contribution in [0.25, 0.3) is 0 Å². The molecule has 0 heterocycles. The van der Waals surface area contributed by atoms with Crippen molar-refractivity contribution < 1.29 is 18.1 Å². The highest BCUT2D eigenvalue weighted by molar-refractivity contribution is 7.89. The van der Waals surface area contributed by atoms with Crippen LogP contribution in [0.15, 0.2) is 23.1 Å². The van der Waals surface area contributed by atoms with Crippen molar-refractivity contribution in [2.75, 3.05) is 13.6 Å². The van der Waals surface area contributed by atoms with Gasteiger partial charge in [0.2, 0.25) is 15.9 Å². The van der Waals surface area contributed by atoms with Gasteiger partial charge in [0.25, 0.3) is 5.69 Å². The van der Waals surface area contributed by atoms with Crippen molar-refractivity contribution in [1.29, 1.82) is 0 Å². The lowest BCUT2D eigenvalue weighted by Gasteiger charge is -2.15. The smallest absolute Gasteiger partial charge is 0.289 e. The summed E-state index contributed by atoms with van der Waals surface area (Å²) in [5, 5.41) is 10.5. The molecule has 0 atom stereocenters. The summed E-state index contributed by atoms with van der Waals surface area (Å²) in [5.74, 6) is -0.838. The molecule has 1 rings (SSSR count). The summed E-state index contributed by atoms with van der Waals surface area (Å²) in [4.78, 5) is 20.3. The van der Waals surface area contributed by atoms with Crippen LogP contribution in [0.1, 0.15) is 0 Å². The zero-order valence-electron chi connectivity index (χ0n) is 9.74. The maximum atomic E-state index is 12.0. The van der Waals surface area contributed by atoms with Crippen LogP contribution in [0.3, 0.4) is 0 Å². The number of nitro groups is 1. The fourth-order valence-corrected chi connectivity index (χ4v) is 2.62. The molecule has 1 aromatic rings. The third-order valence-electron chi connectivity index (χ3n) is 2.20. The van der Waals surface area contributed by atoms with Gasteiger partial charge >= 0.3 is 0 Å². The number of rotatable bonds is 5. The standard InChI is InChI=1S/C9H10ClN3O5S/c1-12(5-9(11)14)19(17,18)6-2-3-7(10)8(4-6)13(15)16/h2-4H,5H2,1H3,(H2,11,14). The van der Waals surface area contributed by atoms with Gasteiger partial charge in [0.15, 0.2) is 0 Å². The predicted octanol–water partition coefficient (Wildman–Crippen LogP) is 0.354. The quantitative estimate of drug-likeness (QED) is 0.621. The molecule has 10 heteroatoms. The first-order valence-corrected chi connectivity index (χ1v) is 6.66. The molecule has 1 aromatic carbocycles. The number of primary amides is 1. The second-order valence-corrected chi connectivity index (χ2v) is 6.05. The first-order valence-electron chi connectivity index (χ1n) is 4.85. The van der Waals surface area contributed by atoms with Crippen LogP contribution in [0.2, 0.25) is 5.02 Å². The van der Waals surface area contributed by atoms with Crippen LogP contribution < -0.4 is 5.73 Å². The zero-order valence-corrected chi connectivity index (χ0v) is 11.3. The van der Waals surface area contributed by atoms with Gasteiger partial charge in [0.05, 0.1) is 16.4 Å². The molecule has 0 saturated carbocycles. The van der Waals surface area contributed by atoms with Gasteiger partial charge in [-0.25, -0.2) is 8.42 Å². The highest BCUT2D eigenvalue weighted by atomic mass is 35.5. The summed E-state index contributed by atoms with van der Waals surface area (Å²) in [6, 6.07) is 3.04. The second kappa shape index (κ2) is 5.51. The van der Waals surface area contributed by atoms with Crippen LogP contribution in [0.4, 0.5) is 5.69 Å². The van der Waals surface area contributed by atoms with Crippen molar-refractivity contribution in [1.82, 2.24) is 4.31 Å². The van der Waals surface area contributed by atoms with E-state index in [0.29, 0.717) is 4.31 Å². The molecule has 0 aliphatic carbocycles. The lowest BCUT2D eigenvalue weighted by molar-refractivity contribution is -0.384. The SMILES string of the molecule is CN(CC(N)=O)S(=O)(=O)c1ccc(Cl)c([N+](=O)[O-])c1. The number of amides is 1. The van der Waals surface area contributed by atoms with Gasteiger partial charge in [-0.15, -0.1) is 0 Å². The lowest BCUT2D eigenvalue weighted by atomic mass is 10.3. The predicted molar refractivity (Wildman–Crippen MR) is 67.1 cm³/mol. The van der Waals surface area contributed by atoms with E-state index in [1.165, 1.54) is 0 Å². The van der Waals surface area contributed by atoms with E-state index in [1.807, 2.05) is 0 Å². The number of sulfonamides is 1. The van der Waals surface area contributed by atoms with E-state index in [9.17, 15) is 23.3 Å². The highest BCUT2D eigenvalue weighted by Crippen LogP contribution is 2.28. The molecule has 104 valence electrons. The number of halogens is 1. The van der Waals surface area contributed by atoms with Crippen molar-refractivity contribution in [2.24, 2.45) is 5.73 Å². The third-order valence-corrected chi connectivity index (χ3v) is 4.32. The largest absolute Gasteiger partial charge is 0.369 e. The summed E-state index contributed by atoms with van der Waals surface area (Å²) in [6.07, 6.45) is 0. The molecule has 0 unspecified atom stereocenters. The van der Waals surface area contributed by atoms with E-state index < -0.39 is 33.1 Å². The number of benzene rings is 1. The molecule has 19 heavy (non-hydrogen) atoms. The zero-order chi connectivity index (χ0) is 14.8. The Balaban J connectivity index is 3.26. The molecule has 1 amide bonds. The van der Waals surface area contributed by atoms with Gasteiger partial charge in [-0.05, 0) is 12.1 Å². The fraction of sp³-hybridized carbons (Fsp3) is 0.222. The van der Waals surface area contributed by atoms with E-state index in [0.717, 1.165) is 25.2 Å². The van der Waals surface area contributed by atoms with E-state index >= 15 is 0 Å². The molecule has 2 N–H and O–H groups in total. The Morgan fingerprint density at radius 2 is 2.11 bits per heavy atom. The van der Waals surface area contributed by atoms with Crippen LogP contribution in [-0.2, 0) is 14.8 Å². The Kier molecular flexibility index (Phi) is 4.45. The molecule has 0 aliphatic rings. The average Bonchev–Trinajstić information content (AvgIpc) is 2.27. The molecular formula is C9H10ClN3O5S. The number of carbonyl (C=O) groups is 1. The molecular weight excluding hydrogens is 298 g/mol. The van der Waals surface area contributed by atoms with Crippen LogP contribution in [-0.4, -0.2) is 37.1 Å². The first-order chi connectivity index (χ1) is 8.66. The molecule has 8 nitrogen and oxygen atoms in total. The van der Waals surface area contributed by atoms with Gasteiger partial charge in [-0.3, -0.25) is 14.9 Å². The summed E-state index contributed by atoms with van der Waals surface area (Å²) >= 11 is 5.58. The van der Waals surface area contributed by atoms with Gasteiger partial charge in [-0.1, -0.05) is 11.6 Å². The molecule has 0 fully saturated rings. The maximum Gasteiger partial charge on any atom is 0.289 e. The minimum Gasteiger partial charge on any atom is -0.369 e. The maximum absolute atomic E-state index is 12.0. The number of hydrogen-bond donors (Lipinski definition) is 1. The highest BCUT2D eigenvalue weighted by Gasteiger charge is 2.25. The van der Waals surface area contributed by atoms with Gasteiger partial charge in [0, 0.05) is 13.1 Å². The van der Waals surface area contributed by atoms with Crippen LogP contribution in [0, 0.1) is 10.1 Å². The Morgan fingerprint density at radius 3 is 2.58 bits per heavy atom. The Morgan fingerprint density at radius 1 is 1.53 bits per heavy atom. The van der Waals surface area contributed by atoms with Crippen molar-refractivity contribution in [2.45, 2.75) is 4.90 Å². The molecule has 0 aromatic heterocycles. The van der Waals surface area contributed by atoms with Crippen LogP contribution in [0.5, 0.6) is 0 Å². The van der Waals surface area contributed by atoms with Crippen LogP contribution >= 0.6 is 11.6 Å². The third kappa shape index (κ3) is 3.40. The van der Waals surface area contributed by atoms with Crippen molar-refractivity contribution >= 4 is 33.2 Å². The number of likely N-dealkylation sites (N-methyl/N-ethyl adjacent to an activating group) is 1. The minimum atomic E-state index is -4.04. The number of nitrogens with two attached hydrogens (primary N) is 1. The summed E-state index contributed by atoms with van der Waals surface area (Å²) < 4.78 is 24.7. The van der Waals surface area contributed by atoms with E-state index in [4.69, 9.17) is 17.3 Å². The summed E-state index contributed by atoms with van der Waals surface area (Å²) in [6.45, 7) is -0.529. The molecule has 0 saturated heterocycles. The number of carbonyl (C=O) groups excluding carboxylic acids is 1. The fourth-order valence-electron chi connectivity index (χ4n) is 1.28. The molecule has 0 bridgehead atoms. The minimum absolute atomic E-state index is 0.179. The Bertz CT molecular complexity index is 631. The molecule has 0 radical (unpaired) electrons.